The summed E-state index contributed by atoms with van der Waals surface area (Å²) >= 11 is 0. The van der Waals surface area contributed by atoms with Gasteiger partial charge >= 0.3 is 0 Å². The third-order valence-corrected chi connectivity index (χ3v) is 6.28. The van der Waals surface area contributed by atoms with Crippen molar-refractivity contribution < 1.29 is 14.9 Å². The lowest BCUT2D eigenvalue weighted by Crippen LogP contribution is -2.37. The number of nitrogens with zero attached hydrogens (tertiary/aromatic N) is 5. The molecule has 1 unspecified atom stereocenters. The second kappa shape index (κ2) is 9.43. The molecule has 33 heavy (non-hydrogen) atoms. The van der Waals surface area contributed by atoms with Gasteiger partial charge in [-0.25, -0.2) is 0 Å². The van der Waals surface area contributed by atoms with Crippen molar-refractivity contribution in [3.05, 3.63) is 34.9 Å². The molecule has 1 saturated heterocycles. The highest BCUT2D eigenvalue weighted by Gasteiger charge is 2.30. The monoisotopic (exact) mass is 454 g/mol. The fourth-order valence-electron chi connectivity index (χ4n) is 4.56. The average Bonchev–Trinajstić information content (AvgIpc) is 3.44. The number of aromatic hydroxyl groups is 1. The smallest absolute Gasteiger partial charge is 0.208 e. The zero-order valence-electron chi connectivity index (χ0n) is 20.0. The molecule has 1 aliphatic rings. The fourth-order valence-corrected chi connectivity index (χ4v) is 4.56. The molecule has 3 heterocycles. The number of para-hydroxylation sites is 1. The molecule has 1 aromatic carbocycles. The van der Waals surface area contributed by atoms with Gasteiger partial charge in [0.05, 0.1) is 37.5 Å². The van der Waals surface area contributed by atoms with Crippen LogP contribution in [0.25, 0.3) is 11.0 Å². The quantitative estimate of drug-likeness (QED) is 0.505. The normalized spacial score (nSPS) is 17.2. The molecule has 1 aliphatic heterocycles. The van der Waals surface area contributed by atoms with Crippen molar-refractivity contribution in [1.29, 1.82) is 0 Å². The Labute approximate surface area is 193 Å². The van der Waals surface area contributed by atoms with Crippen LogP contribution in [0.5, 0.6) is 11.5 Å². The molecule has 9 heteroatoms. The lowest BCUT2D eigenvalue weighted by molar-refractivity contribution is 0.265. The van der Waals surface area contributed by atoms with Crippen LogP contribution in [0.1, 0.15) is 63.8 Å². The van der Waals surface area contributed by atoms with Crippen LogP contribution in [0.2, 0.25) is 0 Å². The van der Waals surface area contributed by atoms with Crippen LogP contribution in [0.15, 0.2) is 23.2 Å². The van der Waals surface area contributed by atoms with E-state index in [1.54, 1.807) is 6.07 Å². The molecule has 0 saturated carbocycles. The highest BCUT2D eigenvalue weighted by molar-refractivity contribution is 5.79. The van der Waals surface area contributed by atoms with Gasteiger partial charge in [-0.05, 0) is 38.7 Å². The molecule has 0 amide bonds. The van der Waals surface area contributed by atoms with E-state index in [9.17, 15) is 10.2 Å². The minimum atomic E-state index is 0.0321. The maximum Gasteiger partial charge on any atom is 0.208 e. The fraction of sp³-hybridized carbons (Fsp3) is 0.542. The first-order valence-corrected chi connectivity index (χ1v) is 11.6. The molecule has 0 spiro atoms. The highest BCUT2D eigenvalue weighted by Crippen LogP contribution is 2.32. The number of nitrogens with one attached hydrogen (secondary N) is 1. The molecule has 1 fully saturated rings. The molecule has 0 aliphatic carbocycles. The maximum absolute atomic E-state index is 10.5. The molecule has 0 radical (unpaired) electrons. The average molecular weight is 455 g/mol. The summed E-state index contributed by atoms with van der Waals surface area (Å²) in [6.07, 6.45) is 1.94. The first kappa shape index (κ1) is 23.1. The van der Waals surface area contributed by atoms with Crippen molar-refractivity contribution in [1.82, 2.24) is 19.7 Å². The second-order valence-corrected chi connectivity index (χ2v) is 9.14. The van der Waals surface area contributed by atoms with Crippen molar-refractivity contribution in [2.45, 2.75) is 65.1 Å². The molecule has 3 N–H and O–H groups in total. The van der Waals surface area contributed by atoms with Crippen LogP contribution in [0.4, 0.5) is 5.95 Å². The molecule has 1 atom stereocenters. The lowest BCUT2D eigenvalue weighted by Gasteiger charge is -2.29. The van der Waals surface area contributed by atoms with Gasteiger partial charge in [0.2, 0.25) is 5.95 Å². The van der Waals surface area contributed by atoms with E-state index in [2.05, 4.69) is 47.4 Å². The van der Waals surface area contributed by atoms with E-state index < -0.39 is 0 Å². The second-order valence-electron chi connectivity index (χ2n) is 9.14. The van der Waals surface area contributed by atoms with Crippen molar-refractivity contribution in [2.24, 2.45) is 4.99 Å². The largest absolute Gasteiger partial charge is 0.504 e. The Hall–Kier alpha value is -3.07. The van der Waals surface area contributed by atoms with E-state index in [1.807, 2.05) is 12.1 Å². The zero-order chi connectivity index (χ0) is 23.7. The van der Waals surface area contributed by atoms with Crippen LogP contribution in [0.3, 0.4) is 0 Å². The van der Waals surface area contributed by atoms with Crippen LogP contribution >= 0.6 is 0 Å². The molecule has 3 aromatic rings. The summed E-state index contributed by atoms with van der Waals surface area (Å²) in [6, 6.07) is 5.54. The summed E-state index contributed by atoms with van der Waals surface area (Å²) in [5.74, 6) is 1.53. The Morgan fingerprint density at radius 1 is 1.27 bits per heavy atom. The van der Waals surface area contributed by atoms with Crippen LogP contribution in [0, 0.1) is 0 Å². The van der Waals surface area contributed by atoms with Gasteiger partial charge in [-0.1, -0.05) is 26.0 Å². The molecular formula is C24H34N6O3. The van der Waals surface area contributed by atoms with E-state index in [0.717, 1.165) is 36.5 Å². The van der Waals surface area contributed by atoms with Gasteiger partial charge in [-0.3, -0.25) is 10.1 Å². The van der Waals surface area contributed by atoms with Crippen molar-refractivity contribution in [3.63, 3.8) is 0 Å². The van der Waals surface area contributed by atoms with Crippen molar-refractivity contribution in [3.8, 4) is 11.5 Å². The third-order valence-electron chi connectivity index (χ3n) is 6.28. The van der Waals surface area contributed by atoms with Crippen LogP contribution in [-0.4, -0.2) is 56.3 Å². The minimum Gasteiger partial charge on any atom is -0.504 e. The summed E-state index contributed by atoms with van der Waals surface area (Å²) in [5.41, 5.74) is 3.90. The number of aromatic amines is 1. The number of H-pyrrole nitrogens is 1. The van der Waals surface area contributed by atoms with E-state index >= 15 is 0 Å². The van der Waals surface area contributed by atoms with E-state index in [-0.39, 0.29) is 36.9 Å². The number of aliphatic hydroxyl groups is 1. The van der Waals surface area contributed by atoms with Crippen LogP contribution < -0.4 is 15.1 Å². The Kier molecular flexibility index (Phi) is 6.60. The Morgan fingerprint density at radius 2 is 2.06 bits per heavy atom. The number of benzene rings is 1. The van der Waals surface area contributed by atoms with E-state index in [0.29, 0.717) is 22.3 Å². The van der Waals surface area contributed by atoms with Crippen molar-refractivity contribution >= 4 is 17.0 Å². The van der Waals surface area contributed by atoms with Crippen LogP contribution in [-0.2, 0) is 6.54 Å². The number of anilines is 1. The Morgan fingerprint density at radius 3 is 2.73 bits per heavy atom. The molecule has 2 aromatic heterocycles. The Balaban J connectivity index is 1.95. The van der Waals surface area contributed by atoms with E-state index in [4.69, 9.17) is 14.7 Å². The predicted molar refractivity (Wildman–Crippen MR) is 128 cm³/mol. The van der Waals surface area contributed by atoms with Crippen molar-refractivity contribution in [2.75, 3.05) is 25.2 Å². The number of methoxy groups -OCH3 is 1. The minimum absolute atomic E-state index is 0.0321. The van der Waals surface area contributed by atoms with Gasteiger partial charge in [-0.2, -0.15) is 10.1 Å². The Bertz CT molecular complexity index is 1200. The molecule has 178 valence electrons. The first-order valence-electron chi connectivity index (χ1n) is 11.6. The lowest BCUT2D eigenvalue weighted by atomic mass is 10.1. The molecule has 0 bridgehead atoms. The maximum atomic E-state index is 10.5. The van der Waals surface area contributed by atoms with Gasteiger partial charge in [0.25, 0.3) is 0 Å². The zero-order valence-corrected chi connectivity index (χ0v) is 20.0. The van der Waals surface area contributed by atoms with Gasteiger partial charge in [0.15, 0.2) is 22.5 Å². The highest BCUT2D eigenvalue weighted by atomic mass is 16.5. The number of hydrogen-bond acceptors (Lipinski definition) is 7. The standard InChI is InChI=1S/C24H34N6O3/c1-14(2)19-21-20(28-27-19)23(25-12-16-8-6-10-18(33-5)22(16)32)26-24(30(21)15(3)4)29-11-7-9-17(29)13-31/h6,8,10,14-15,17,31-32H,7,9,11-13H2,1-5H3,(H,27,28). The summed E-state index contributed by atoms with van der Waals surface area (Å²) in [7, 11) is 1.53. The van der Waals surface area contributed by atoms with Gasteiger partial charge in [0, 0.05) is 18.2 Å². The predicted octanol–water partition coefficient (Wildman–Crippen LogP) is 3.24. The first-order chi connectivity index (χ1) is 15.9. The molecular weight excluding hydrogens is 420 g/mol. The molecule has 9 nitrogen and oxygen atoms in total. The van der Waals surface area contributed by atoms with E-state index in [1.165, 1.54) is 7.11 Å². The number of aromatic nitrogens is 4. The van der Waals surface area contributed by atoms with Gasteiger partial charge < -0.3 is 24.4 Å². The number of hydrogen-bond donors (Lipinski definition) is 3. The van der Waals surface area contributed by atoms with Gasteiger partial charge in [-0.15, -0.1) is 0 Å². The summed E-state index contributed by atoms with van der Waals surface area (Å²) in [4.78, 5) is 12.0. The van der Waals surface area contributed by atoms with Gasteiger partial charge in [0.1, 0.15) is 0 Å². The SMILES string of the molecule is COc1cccc(CN=c2nc(N3CCCC3CO)n(C(C)C)c3c(C(C)C)[nH]nc23)c1O. The summed E-state index contributed by atoms with van der Waals surface area (Å²) in [6.45, 7) is 9.70. The number of fused-ring (bicyclic) bond motifs is 1. The summed E-state index contributed by atoms with van der Waals surface area (Å²) < 4.78 is 7.44. The number of aliphatic hydroxyl groups excluding tert-OH is 1. The number of ether oxygens (including phenoxy) is 1. The summed E-state index contributed by atoms with van der Waals surface area (Å²) in [5, 5.41) is 28.3. The third kappa shape index (κ3) is 4.17. The topological polar surface area (TPSA) is 112 Å². The number of phenols is 1. The molecule has 4 rings (SSSR count). The number of phenolic OH excluding ortho intramolecular Hbond substituents is 1. The number of rotatable bonds is 7.